The molecule has 2 aromatic carbocycles. The molecular formula is C38H23N13OS. The van der Waals surface area contributed by atoms with E-state index in [0.29, 0.717) is 67.8 Å². The van der Waals surface area contributed by atoms with Gasteiger partial charge in [0.25, 0.3) is 0 Å². The van der Waals surface area contributed by atoms with Gasteiger partial charge in [0, 0.05) is 82.6 Å². The van der Waals surface area contributed by atoms with Crippen molar-refractivity contribution in [2.75, 3.05) is 4.90 Å². The van der Waals surface area contributed by atoms with Crippen LogP contribution in [0.1, 0.15) is 23.3 Å². The number of anilines is 2. The van der Waals surface area contributed by atoms with Crippen LogP contribution in [-0.2, 0) is 0 Å². The number of oxazole rings is 1. The molecule has 0 spiro atoms. The van der Waals surface area contributed by atoms with E-state index >= 15 is 0 Å². The number of nitrogens with zero attached hydrogens (tertiary/aromatic N) is 12. The molecule has 1 aliphatic rings. The van der Waals surface area contributed by atoms with Crippen LogP contribution in [0.3, 0.4) is 0 Å². The van der Waals surface area contributed by atoms with E-state index in [9.17, 15) is 0 Å². The monoisotopic (exact) mass is 709 g/mol. The number of benzene rings is 2. The lowest BCUT2D eigenvalue weighted by Crippen LogP contribution is -2.33. The Morgan fingerprint density at radius 1 is 0.679 bits per heavy atom. The molecule has 1 atom stereocenters. The van der Waals surface area contributed by atoms with E-state index in [0.717, 1.165) is 22.0 Å². The molecule has 252 valence electrons. The van der Waals surface area contributed by atoms with Crippen molar-refractivity contribution in [1.82, 2.24) is 55.1 Å². The summed E-state index contributed by atoms with van der Waals surface area (Å²) in [5.74, 6) is 1.23. The summed E-state index contributed by atoms with van der Waals surface area (Å²) in [4.78, 5) is 49.1. The molecule has 0 saturated heterocycles. The van der Waals surface area contributed by atoms with Gasteiger partial charge in [0.15, 0.2) is 5.82 Å². The number of hydrogen-bond acceptors (Lipinski definition) is 14. The zero-order chi connectivity index (χ0) is 35.1. The summed E-state index contributed by atoms with van der Waals surface area (Å²) in [6, 6.07) is 17.6. The first-order valence-corrected chi connectivity index (χ1v) is 17.3. The van der Waals surface area contributed by atoms with Gasteiger partial charge in [0.2, 0.25) is 18.0 Å². The Morgan fingerprint density at radius 2 is 1.60 bits per heavy atom. The zero-order valence-corrected chi connectivity index (χ0v) is 28.2. The Kier molecular flexibility index (Phi) is 7.32. The normalized spacial score (nSPS) is 13.9. The van der Waals surface area contributed by atoms with Gasteiger partial charge in [-0.1, -0.05) is 24.3 Å². The number of aromatic nitrogens is 11. The molecule has 0 radical (unpaired) electrons. The number of fused-ring (bicyclic) bond motifs is 2. The molecule has 7 aromatic heterocycles. The van der Waals surface area contributed by atoms with E-state index in [4.69, 9.17) is 44.4 Å². The largest absolute Gasteiger partial charge is 0.445 e. The van der Waals surface area contributed by atoms with Gasteiger partial charge >= 0.3 is 0 Å². The Balaban J connectivity index is 1.48. The van der Waals surface area contributed by atoms with Crippen molar-refractivity contribution in [1.29, 1.82) is 0 Å². The molecule has 1 aliphatic heterocycles. The van der Waals surface area contributed by atoms with Crippen LogP contribution in [0.4, 0.5) is 11.6 Å². The van der Waals surface area contributed by atoms with Gasteiger partial charge in [-0.3, -0.25) is 14.9 Å². The van der Waals surface area contributed by atoms with Crippen molar-refractivity contribution in [3.05, 3.63) is 145 Å². The minimum absolute atomic E-state index is 0.325. The number of rotatable bonds is 7. The van der Waals surface area contributed by atoms with Gasteiger partial charge < -0.3 is 9.40 Å². The highest BCUT2D eigenvalue weighted by Gasteiger charge is 2.43. The fourth-order valence-corrected chi connectivity index (χ4v) is 7.38. The van der Waals surface area contributed by atoms with Crippen LogP contribution in [0.25, 0.3) is 55.4 Å². The molecule has 0 amide bonds. The number of H-pyrrole nitrogens is 1. The third-order valence-electron chi connectivity index (χ3n) is 8.76. The summed E-state index contributed by atoms with van der Waals surface area (Å²) in [6.45, 7) is 0. The summed E-state index contributed by atoms with van der Waals surface area (Å²) < 4.78 is 5.99. The van der Waals surface area contributed by atoms with Crippen molar-refractivity contribution < 1.29 is 4.42 Å². The second kappa shape index (κ2) is 12.7. The first-order valence-electron chi connectivity index (χ1n) is 16.4. The lowest BCUT2D eigenvalue weighted by atomic mass is 9.82. The highest BCUT2D eigenvalue weighted by Crippen LogP contribution is 2.56. The maximum Gasteiger partial charge on any atom is 0.240 e. The Hall–Kier alpha value is -7.39. The van der Waals surface area contributed by atoms with Crippen LogP contribution in [-0.4, -0.2) is 60.8 Å². The first-order chi connectivity index (χ1) is 26.3. The molecular weight excluding hydrogens is 687 g/mol. The maximum absolute atomic E-state index is 5.99. The molecule has 0 bridgehead atoms. The number of imidazole rings is 1. The second-order valence-corrected chi connectivity index (χ2v) is 12.6. The fraction of sp³-hybridized carbons (Fsp3) is 0.0263. The van der Waals surface area contributed by atoms with Crippen molar-refractivity contribution >= 4 is 39.6 Å². The summed E-state index contributed by atoms with van der Waals surface area (Å²) in [6.07, 6.45) is 17.5. The first kappa shape index (κ1) is 30.4. The van der Waals surface area contributed by atoms with Crippen LogP contribution < -0.4 is 4.90 Å². The van der Waals surface area contributed by atoms with Crippen molar-refractivity contribution in [3.63, 3.8) is 0 Å². The van der Waals surface area contributed by atoms with E-state index in [2.05, 4.69) is 26.1 Å². The molecule has 15 heteroatoms. The molecule has 0 aliphatic carbocycles. The van der Waals surface area contributed by atoms with Gasteiger partial charge in [-0.2, -0.15) is 10.2 Å². The summed E-state index contributed by atoms with van der Waals surface area (Å²) >= 11 is 1.49. The van der Waals surface area contributed by atoms with Crippen LogP contribution in [0.15, 0.2) is 138 Å². The molecule has 0 saturated carbocycles. The molecule has 1 N–H and O–H groups in total. The van der Waals surface area contributed by atoms with Gasteiger partial charge in [-0.25, -0.2) is 34.9 Å². The van der Waals surface area contributed by atoms with Gasteiger partial charge in [-0.05, 0) is 30.3 Å². The zero-order valence-electron chi connectivity index (χ0n) is 27.4. The van der Waals surface area contributed by atoms with Crippen molar-refractivity contribution in [2.45, 2.75) is 6.17 Å². The van der Waals surface area contributed by atoms with Crippen LogP contribution in [0, 0.1) is 0 Å². The number of pyridine rings is 1. The molecule has 0 fully saturated rings. The average Bonchev–Trinajstić information content (AvgIpc) is 4.06. The highest BCUT2D eigenvalue weighted by molar-refractivity contribution is 7.13. The number of nitrogens with one attached hydrogen (secondary N) is 1. The van der Waals surface area contributed by atoms with E-state index in [1.807, 2.05) is 52.7 Å². The van der Waals surface area contributed by atoms with Crippen LogP contribution >= 0.6 is 11.3 Å². The summed E-state index contributed by atoms with van der Waals surface area (Å²) in [5, 5.41) is 12.7. The predicted octanol–water partition coefficient (Wildman–Crippen LogP) is 7.13. The van der Waals surface area contributed by atoms with Gasteiger partial charge in [0.1, 0.15) is 17.0 Å². The fourth-order valence-electron chi connectivity index (χ4n) is 6.69. The van der Waals surface area contributed by atoms with E-state index in [1.165, 1.54) is 17.6 Å². The number of hydrogen-bond donors (Lipinski definition) is 1. The molecule has 1 unspecified atom stereocenters. The van der Waals surface area contributed by atoms with Crippen LogP contribution in [0.5, 0.6) is 0 Å². The van der Waals surface area contributed by atoms with Gasteiger partial charge in [0.05, 0.1) is 46.3 Å². The summed E-state index contributed by atoms with van der Waals surface area (Å²) in [7, 11) is 0. The third kappa shape index (κ3) is 5.13. The minimum Gasteiger partial charge on any atom is -0.445 e. The Bertz CT molecular complexity index is 2730. The smallest absolute Gasteiger partial charge is 0.240 e. The third-order valence-corrected chi connectivity index (χ3v) is 9.55. The number of aromatic amines is 1. The number of aliphatic imine (C=N–C) groups is 1. The van der Waals surface area contributed by atoms with Crippen molar-refractivity contribution in [3.8, 4) is 44.5 Å². The standard InChI is InChI=1S/C38H23N13OS/c1-2-6-23-22(5-1)8-9-24(48-23)27-28(25-7-3-12-47-50-25)30-32(26-21-39-13-14-40-26)49-35(36-43-17-19-52-36)51(38-45-15-16-46-38)33(30)31(34-41-10-4-11-42-34)29(27)37-44-18-20-53-37/h1-21,35H,(H,45,46). The van der Waals surface area contributed by atoms with Crippen LogP contribution in [0.2, 0.25) is 0 Å². The number of para-hydroxylation sites is 1. The molecule has 14 nitrogen and oxygen atoms in total. The lowest BCUT2D eigenvalue weighted by Gasteiger charge is -2.37. The SMILES string of the molecule is c1cnc(-c2c(-c3nccs3)c(-c3ccc4ccccc4n3)c(-c3cccnn3)c3c2N(c2ncc[nH]2)C(c2ncco2)N=C3c2cnccn2)nc1. The van der Waals surface area contributed by atoms with Crippen molar-refractivity contribution in [2.24, 2.45) is 4.99 Å². The molecule has 9 aromatic rings. The molecule has 8 heterocycles. The maximum atomic E-state index is 5.99. The number of thiazole rings is 1. The Morgan fingerprint density at radius 3 is 2.38 bits per heavy atom. The minimum atomic E-state index is -0.855. The molecule has 10 rings (SSSR count). The summed E-state index contributed by atoms with van der Waals surface area (Å²) in [5.41, 5.74) is 7.17. The lowest BCUT2D eigenvalue weighted by molar-refractivity contribution is 0.450. The van der Waals surface area contributed by atoms with E-state index < -0.39 is 6.17 Å². The quantitative estimate of drug-likeness (QED) is 0.178. The molecule has 53 heavy (non-hydrogen) atoms. The van der Waals surface area contributed by atoms with Gasteiger partial charge in [-0.15, -0.1) is 11.3 Å². The second-order valence-electron chi connectivity index (χ2n) is 11.7. The predicted molar refractivity (Wildman–Crippen MR) is 198 cm³/mol. The average molecular weight is 710 g/mol. The Labute approximate surface area is 304 Å². The van der Waals surface area contributed by atoms with E-state index in [1.54, 1.807) is 68.0 Å². The highest BCUT2D eigenvalue weighted by atomic mass is 32.1. The topological polar surface area (TPSA) is 173 Å². The van der Waals surface area contributed by atoms with E-state index in [-0.39, 0.29) is 0 Å².